The lowest BCUT2D eigenvalue weighted by atomic mass is 9.99. The number of amides is 1. The second-order valence-corrected chi connectivity index (χ2v) is 3.70. The Hall–Kier alpha value is -0.860. The molecule has 76 valence electrons. The van der Waals surface area contributed by atoms with Crippen molar-refractivity contribution in [3.8, 4) is 0 Å². The third kappa shape index (κ3) is 5.39. The predicted octanol–water partition coefficient (Wildman–Crippen LogP) is 1.52. The highest BCUT2D eigenvalue weighted by Crippen LogP contribution is 2.06. The molecule has 0 aromatic carbocycles. The van der Waals surface area contributed by atoms with Gasteiger partial charge in [0.1, 0.15) is 0 Å². The van der Waals surface area contributed by atoms with E-state index in [2.05, 4.69) is 5.32 Å². The maximum absolute atomic E-state index is 11.4. The van der Waals surface area contributed by atoms with Crippen LogP contribution < -0.4 is 5.32 Å². The summed E-state index contributed by atoms with van der Waals surface area (Å²) in [7, 11) is 0. The molecule has 13 heavy (non-hydrogen) atoms. The summed E-state index contributed by atoms with van der Waals surface area (Å²) in [6.45, 7) is 7.34. The fraction of sp³-hybridized carbons (Fsp3) is 0.800. The molecule has 0 spiro atoms. The summed E-state index contributed by atoms with van der Waals surface area (Å²) in [6.07, 6.45) is 1.21. The Balaban J connectivity index is 4.18. The van der Waals surface area contributed by atoms with Gasteiger partial charge in [-0.15, -0.1) is 0 Å². The standard InChI is InChI=1S/C10H19NO2/c1-5-10(13)9(6-7(2)3)11-8(4)12/h7,9H,5-6H2,1-4H3,(H,11,12). The lowest BCUT2D eigenvalue weighted by Crippen LogP contribution is -2.40. The number of hydrogen-bond acceptors (Lipinski definition) is 2. The summed E-state index contributed by atoms with van der Waals surface area (Å²) >= 11 is 0. The highest BCUT2D eigenvalue weighted by Gasteiger charge is 2.18. The van der Waals surface area contributed by atoms with Crippen LogP contribution in [0.4, 0.5) is 0 Å². The van der Waals surface area contributed by atoms with Crippen LogP contribution in [0.1, 0.15) is 40.5 Å². The molecule has 1 atom stereocenters. The number of ketones is 1. The maximum Gasteiger partial charge on any atom is 0.217 e. The van der Waals surface area contributed by atoms with Crippen molar-refractivity contribution in [1.82, 2.24) is 5.32 Å². The van der Waals surface area contributed by atoms with E-state index in [0.29, 0.717) is 12.3 Å². The number of carbonyl (C=O) groups excluding carboxylic acids is 2. The minimum absolute atomic E-state index is 0.115. The van der Waals surface area contributed by atoms with Crippen LogP contribution in [0, 0.1) is 5.92 Å². The van der Waals surface area contributed by atoms with E-state index >= 15 is 0 Å². The molecular formula is C10H19NO2. The summed E-state index contributed by atoms with van der Waals surface area (Å²) < 4.78 is 0. The molecule has 1 amide bonds. The van der Waals surface area contributed by atoms with Crippen LogP contribution in [0.5, 0.6) is 0 Å². The van der Waals surface area contributed by atoms with E-state index < -0.39 is 0 Å². The minimum Gasteiger partial charge on any atom is -0.347 e. The fourth-order valence-electron chi connectivity index (χ4n) is 1.23. The molecule has 0 fully saturated rings. The van der Waals surface area contributed by atoms with Gasteiger partial charge in [0.2, 0.25) is 5.91 Å². The van der Waals surface area contributed by atoms with Crippen LogP contribution in [-0.4, -0.2) is 17.7 Å². The summed E-state index contributed by atoms with van der Waals surface area (Å²) in [5.41, 5.74) is 0. The number of hydrogen-bond donors (Lipinski definition) is 1. The molecule has 0 saturated heterocycles. The molecule has 0 aromatic rings. The molecule has 3 nitrogen and oxygen atoms in total. The third-order valence-electron chi connectivity index (χ3n) is 1.82. The Morgan fingerprint density at radius 2 is 1.85 bits per heavy atom. The van der Waals surface area contributed by atoms with E-state index in [0.717, 1.165) is 6.42 Å². The van der Waals surface area contributed by atoms with Gasteiger partial charge in [0, 0.05) is 13.3 Å². The smallest absolute Gasteiger partial charge is 0.217 e. The van der Waals surface area contributed by atoms with Crippen LogP contribution in [-0.2, 0) is 9.59 Å². The first-order valence-corrected chi connectivity index (χ1v) is 4.77. The Bertz CT molecular complexity index is 187. The van der Waals surface area contributed by atoms with E-state index in [1.807, 2.05) is 20.8 Å². The molecule has 0 rings (SSSR count). The lowest BCUT2D eigenvalue weighted by Gasteiger charge is -2.17. The Morgan fingerprint density at radius 1 is 1.31 bits per heavy atom. The van der Waals surface area contributed by atoms with Crippen molar-refractivity contribution in [1.29, 1.82) is 0 Å². The second kappa shape index (κ2) is 5.73. The van der Waals surface area contributed by atoms with Crippen LogP contribution in [0.25, 0.3) is 0 Å². The monoisotopic (exact) mass is 185 g/mol. The average Bonchev–Trinajstić information content (AvgIpc) is 2.00. The van der Waals surface area contributed by atoms with E-state index in [4.69, 9.17) is 0 Å². The van der Waals surface area contributed by atoms with Gasteiger partial charge in [0.05, 0.1) is 6.04 Å². The molecule has 0 aliphatic heterocycles. The summed E-state index contributed by atoms with van der Waals surface area (Å²) in [6, 6.07) is -0.289. The van der Waals surface area contributed by atoms with Crippen molar-refractivity contribution in [2.45, 2.75) is 46.6 Å². The summed E-state index contributed by atoms with van der Waals surface area (Å²) in [5, 5.41) is 2.67. The number of carbonyl (C=O) groups is 2. The first kappa shape index (κ1) is 12.1. The first-order valence-electron chi connectivity index (χ1n) is 4.77. The largest absolute Gasteiger partial charge is 0.347 e. The number of rotatable bonds is 5. The Labute approximate surface area is 79.9 Å². The van der Waals surface area contributed by atoms with E-state index in [-0.39, 0.29) is 17.7 Å². The van der Waals surface area contributed by atoms with E-state index in [1.54, 1.807) is 0 Å². The zero-order valence-electron chi connectivity index (χ0n) is 8.89. The quantitative estimate of drug-likeness (QED) is 0.705. The molecule has 1 unspecified atom stereocenters. The van der Waals surface area contributed by atoms with Crippen LogP contribution >= 0.6 is 0 Å². The lowest BCUT2D eigenvalue weighted by molar-refractivity contribution is -0.126. The van der Waals surface area contributed by atoms with Gasteiger partial charge in [-0.1, -0.05) is 20.8 Å². The molecule has 1 N–H and O–H groups in total. The third-order valence-corrected chi connectivity index (χ3v) is 1.82. The second-order valence-electron chi connectivity index (χ2n) is 3.70. The summed E-state index contributed by atoms with van der Waals surface area (Å²) in [5.74, 6) is 0.406. The van der Waals surface area contributed by atoms with Gasteiger partial charge < -0.3 is 5.32 Å². The van der Waals surface area contributed by atoms with Gasteiger partial charge in [0.25, 0.3) is 0 Å². The highest BCUT2D eigenvalue weighted by atomic mass is 16.2. The molecule has 0 bridgehead atoms. The van der Waals surface area contributed by atoms with Gasteiger partial charge in [-0.2, -0.15) is 0 Å². The maximum atomic E-state index is 11.4. The first-order chi connectivity index (χ1) is 5.97. The molecule has 0 radical (unpaired) electrons. The normalized spacial score (nSPS) is 12.7. The van der Waals surface area contributed by atoms with Gasteiger partial charge in [0.15, 0.2) is 5.78 Å². The van der Waals surface area contributed by atoms with Crippen molar-refractivity contribution < 1.29 is 9.59 Å². The molecule has 0 aromatic heterocycles. The van der Waals surface area contributed by atoms with Gasteiger partial charge in [-0.3, -0.25) is 9.59 Å². The van der Waals surface area contributed by atoms with Crippen LogP contribution in [0.2, 0.25) is 0 Å². The fourth-order valence-corrected chi connectivity index (χ4v) is 1.23. The van der Waals surface area contributed by atoms with Gasteiger partial charge in [-0.05, 0) is 12.3 Å². The SMILES string of the molecule is CCC(=O)C(CC(C)C)NC(C)=O. The Morgan fingerprint density at radius 3 is 2.15 bits per heavy atom. The molecule has 0 heterocycles. The molecule has 0 saturated carbocycles. The zero-order chi connectivity index (χ0) is 10.4. The molecule has 0 aliphatic carbocycles. The average molecular weight is 185 g/mol. The number of nitrogens with one attached hydrogen (secondary N) is 1. The van der Waals surface area contributed by atoms with Gasteiger partial charge in [-0.25, -0.2) is 0 Å². The van der Waals surface area contributed by atoms with Crippen LogP contribution in [0.3, 0.4) is 0 Å². The zero-order valence-corrected chi connectivity index (χ0v) is 8.89. The van der Waals surface area contributed by atoms with E-state index in [9.17, 15) is 9.59 Å². The predicted molar refractivity (Wildman–Crippen MR) is 52.4 cm³/mol. The van der Waals surface area contributed by atoms with Crippen LogP contribution in [0.15, 0.2) is 0 Å². The molecule has 3 heteroatoms. The minimum atomic E-state index is -0.289. The van der Waals surface area contributed by atoms with Crippen molar-refractivity contribution >= 4 is 11.7 Å². The van der Waals surface area contributed by atoms with Crippen molar-refractivity contribution in [2.75, 3.05) is 0 Å². The Kier molecular flexibility index (Phi) is 5.35. The molecule has 0 aliphatic rings. The topological polar surface area (TPSA) is 46.2 Å². The van der Waals surface area contributed by atoms with E-state index in [1.165, 1.54) is 6.92 Å². The van der Waals surface area contributed by atoms with Crippen molar-refractivity contribution in [3.63, 3.8) is 0 Å². The molecular weight excluding hydrogens is 166 g/mol. The number of Topliss-reactive ketones (excluding diaryl/α,β-unsaturated/α-hetero) is 1. The van der Waals surface area contributed by atoms with Gasteiger partial charge >= 0.3 is 0 Å². The van der Waals surface area contributed by atoms with Crippen molar-refractivity contribution in [2.24, 2.45) is 5.92 Å². The highest BCUT2D eigenvalue weighted by molar-refractivity contribution is 5.88. The summed E-state index contributed by atoms with van der Waals surface area (Å²) in [4.78, 5) is 22.2. The van der Waals surface area contributed by atoms with Crippen molar-refractivity contribution in [3.05, 3.63) is 0 Å².